The topological polar surface area (TPSA) is 43.4 Å². The summed E-state index contributed by atoms with van der Waals surface area (Å²) in [5.41, 5.74) is 3.85. The van der Waals surface area contributed by atoms with E-state index in [1.807, 2.05) is 0 Å². The average molecular weight is 561 g/mol. The molecule has 216 valence electrons. The van der Waals surface area contributed by atoms with Crippen LogP contribution >= 0.6 is 0 Å². The van der Waals surface area contributed by atoms with Crippen molar-refractivity contribution in [3.05, 3.63) is 33.1 Å². The number of sulfone groups is 1. The molecule has 3 aliphatic carbocycles. The Kier molecular flexibility index (Phi) is 8.75. The molecule has 0 unspecified atom stereocenters. The Balaban J connectivity index is 1.58. The highest BCUT2D eigenvalue weighted by Crippen LogP contribution is 2.60. The van der Waals surface area contributed by atoms with Crippen molar-refractivity contribution in [1.82, 2.24) is 0 Å². The minimum absolute atomic E-state index is 0.129. The summed E-state index contributed by atoms with van der Waals surface area (Å²) < 4.78 is 33.7. The first-order valence-electron chi connectivity index (χ1n) is 15.6. The summed E-state index contributed by atoms with van der Waals surface area (Å²) >= 11 is 0. The van der Waals surface area contributed by atoms with E-state index in [-0.39, 0.29) is 11.1 Å². The van der Waals surface area contributed by atoms with Crippen LogP contribution in [0, 0.1) is 29.1 Å². The lowest BCUT2D eigenvalue weighted by atomic mass is 9.60. The van der Waals surface area contributed by atoms with E-state index >= 15 is 0 Å². The van der Waals surface area contributed by atoms with Crippen molar-refractivity contribution in [1.29, 1.82) is 0 Å². The van der Waals surface area contributed by atoms with Crippen LogP contribution < -0.4 is 0 Å². The van der Waals surface area contributed by atoms with E-state index in [0.29, 0.717) is 16.2 Å². The van der Waals surface area contributed by atoms with Crippen LogP contribution in [0.1, 0.15) is 119 Å². The van der Waals surface area contributed by atoms with Crippen LogP contribution in [0.25, 0.3) is 0 Å². The molecule has 4 aliphatic rings. The zero-order valence-corrected chi connectivity index (χ0v) is 27.8. The molecule has 0 saturated heterocycles. The number of fused-ring (bicyclic) bond motifs is 2. The first-order chi connectivity index (χ1) is 17.5. The minimum Gasteiger partial charge on any atom is -0.414 e. The largest absolute Gasteiger partial charge is 0.414 e. The maximum atomic E-state index is 13.5. The maximum absolute atomic E-state index is 13.5. The van der Waals surface area contributed by atoms with Gasteiger partial charge < -0.3 is 4.43 Å². The second kappa shape index (κ2) is 11.0. The molecule has 4 rings (SSSR count). The first kappa shape index (κ1) is 30.3. The molecular weight excluding hydrogens is 505 g/mol. The van der Waals surface area contributed by atoms with E-state index in [9.17, 15) is 8.42 Å². The van der Waals surface area contributed by atoms with Crippen LogP contribution in [0.2, 0.25) is 18.1 Å². The van der Waals surface area contributed by atoms with Crippen LogP contribution in [0.5, 0.6) is 0 Å². The molecule has 3 nitrogen and oxygen atoms in total. The van der Waals surface area contributed by atoms with Gasteiger partial charge in [-0.25, -0.2) is 8.42 Å². The van der Waals surface area contributed by atoms with Crippen molar-refractivity contribution in [3.63, 3.8) is 0 Å². The van der Waals surface area contributed by atoms with E-state index in [1.165, 1.54) is 50.5 Å². The van der Waals surface area contributed by atoms with Gasteiger partial charge in [-0.05, 0) is 116 Å². The average Bonchev–Trinajstić information content (AvgIpc) is 3.26. The van der Waals surface area contributed by atoms with Crippen LogP contribution in [-0.2, 0) is 14.3 Å². The smallest absolute Gasteiger partial charge is 0.200 e. The van der Waals surface area contributed by atoms with Gasteiger partial charge in [-0.15, -0.1) is 0 Å². The Morgan fingerprint density at radius 2 is 1.82 bits per heavy atom. The highest BCUT2D eigenvalue weighted by molar-refractivity contribution is 7.98. The number of allylic oxidation sites excluding steroid dienone is 3. The van der Waals surface area contributed by atoms with Gasteiger partial charge in [-0.3, -0.25) is 0 Å². The molecule has 0 radical (unpaired) electrons. The van der Waals surface area contributed by atoms with Gasteiger partial charge in [-0.2, -0.15) is 0 Å². The summed E-state index contributed by atoms with van der Waals surface area (Å²) in [5.74, 6) is 2.82. The van der Waals surface area contributed by atoms with Gasteiger partial charge >= 0.3 is 0 Å². The molecule has 3 saturated carbocycles. The van der Waals surface area contributed by atoms with Crippen molar-refractivity contribution in [2.75, 3.05) is 0 Å². The fraction of sp³-hybridized carbons (Fsp3) is 0.818. The summed E-state index contributed by atoms with van der Waals surface area (Å²) in [6.07, 6.45) is 14.8. The van der Waals surface area contributed by atoms with Crippen LogP contribution in [0.3, 0.4) is 0 Å². The Morgan fingerprint density at radius 3 is 2.47 bits per heavy atom. The predicted octanol–water partition coefficient (Wildman–Crippen LogP) is 9.73. The summed E-state index contributed by atoms with van der Waals surface area (Å²) in [5, 5.41) is 1.75. The summed E-state index contributed by atoms with van der Waals surface area (Å²) in [7, 11) is -5.27. The third kappa shape index (κ3) is 6.00. The third-order valence-corrected chi connectivity index (χ3v) is 17.3. The van der Waals surface area contributed by atoms with Gasteiger partial charge in [0.1, 0.15) is 0 Å². The fourth-order valence-electron chi connectivity index (χ4n) is 8.01. The maximum Gasteiger partial charge on any atom is 0.200 e. The van der Waals surface area contributed by atoms with Gasteiger partial charge in [0.05, 0.1) is 4.91 Å². The van der Waals surface area contributed by atoms with Gasteiger partial charge in [0.25, 0.3) is 0 Å². The van der Waals surface area contributed by atoms with Crippen molar-refractivity contribution >= 4 is 18.2 Å². The molecule has 5 heteroatoms. The highest BCUT2D eigenvalue weighted by Gasteiger charge is 2.51. The van der Waals surface area contributed by atoms with Crippen molar-refractivity contribution in [2.45, 2.75) is 143 Å². The molecule has 1 heterocycles. The summed E-state index contributed by atoms with van der Waals surface area (Å²) in [6.45, 7) is 21.1. The van der Waals surface area contributed by atoms with Crippen LogP contribution in [0.15, 0.2) is 33.1 Å². The summed E-state index contributed by atoms with van der Waals surface area (Å²) in [4.78, 5) is 0.615. The summed E-state index contributed by atoms with van der Waals surface area (Å²) in [6, 6.07) is 0. The van der Waals surface area contributed by atoms with E-state index in [2.05, 4.69) is 67.6 Å². The lowest BCUT2D eigenvalue weighted by Crippen LogP contribution is -2.44. The molecule has 0 N–H and O–H groups in total. The molecule has 0 spiro atoms. The van der Waals surface area contributed by atoms with Crippen LogP contribution in [-0.4, -0.2) is 22.8 Å². The van der Waals surface area contributed by atoms with E-state index < -0.39 is 18.2 Å². The molecule has 3 fully saturated rings. The second-order valence-corrected chi connectivity index (χ2v) is 21.9. The number of hydrogen-bond donors (Lipinski definition) is 0. The van der Waals surface area contributed by atoms with E-state index in [0.717, 1.165) is 54.6 Å². The molecule has 0 bridgehead atoms. The molecular formula is C33H56O3SSi. The molecule has 0 aromatic heterocycles. The monoisotopic (exact) mass is 560 g/mol. The number of hydrogen-bond acceptors (Lipinski definition) is 3. The second-order valence-electron chi connectivity index (χ2n) is 15.4. The quantitative estimate of drug-likeness (QED) is 0.277. The predicted molar refractivity (Wildman–Crippen MR) is 164 cm³/mol. The molecule has 0 aromatic carbocycles. The fourth-order valence-corrected chi connectivity index (χ4v) is 11.0. The minimum atomic E-state index is -3.37. The van der Waals surface area contributed by atoms with Crippen molar-refractivity contribution < 1.29 is 12.8 Å². The van der Waals surface area contributed by atoms with E-state index in [4.69, 9.17) is 4.43 Å². The zero-order valence-electron chi connectivity index (χ0n) is 26.0. The van der Waals surface area contributed by atoms with Crippen LogP contribution in [0.4, 0.5) is 0 Å². The SMILES string of the molecule is CC(C)CCC[C@@H](C)[C@H]1CC[C@H]2/C(=C/C3=C4C[C@@H](O[Si](C)(C)C(C)(C)C)CCC4=CS3(=O)=O)CCC[C@]12C. The van der Waals surface area contributed by atoms with Gasteiger partial charge in [0, 0.05) is 11.5 Å². The first-order valence-corrected chi connectivity index (χ1v) is 20.1. The Hall–Kier alpha value is -0.653. The molecule has 0 aromatic rings. The highest BCUT2D eigenvalue weighted by atomic mass is 32.2. The molecule has 0 amide bonds. The Morgan fingerprint density at radius 1 is 1.11 bits per heavy atom. The third-order valence-electron chi connectivity index (χ3n) is 11.2. The zero-order chi connectivity index (χ0) is 28.1. The lowest BCUT2D eigenvalue weighted by Gasteiger charge is -2.44. The molecule has 1 aliphatic heterocycles. The van der Waals surface area contributed by atoms with Crippen molar-refractivity contribution in [2.24, 2.45) is 29.1 Å². The number of rotatable bonds is 8. The molecule has 5 atom stereocenters. The van der Waals surface area contributed by atoms with Gasteiger partial charge in [0.2, 0.25) is 0 Å². The van der Waals surface area contributed by atoms with E-state index in [1.54, 1.807) is 5.41 Å². The normalized spacial score (nSPS) is 33.5. The Bertz CT molecular complexity index is 1090. The lowest BCUT2D eigenvalue weighted by molar-refractivity contribution is 0.0928. The van der Waals surface area contributed by atoms with Gasteiger partial charge in [0.15, 0.2) is 18.2 Å². The standard InChI is InChI=1S/C33H56O3SSi/c1-23(2)12-10-13-24(3)29-17-18-30-25(14-11-19-33(29,30)7)20-31-28-21-27(36-38(8,9)32(4,5)6)16-15-26(28)22-37(31,34)35/h20,22-24,27,29-30H,10-19,21H2,1-9H3/b25-20+/t24-,27+,29-,30+,33-/m1/s1. The Labute approximate surface area is 236 Å². The molecule has 38 heavy (non-hydrogen) atoms. The van der Waals surface area contributed by atoms with Crippen molar-refractivity contribution in [3.8, 4) is 0 Å². The van der Waals surface area contributed by atoms with Gasteiger partial charge in [-0.1, -0.05) is 73.3 Å².